The van der Waals surface area contributed by atoms with E-state index in [-0.39, 0.29) is 29.2 Å². The van der Waals surface area contributed by atoms with Gasteiger partial charge in [0.05, 0.1) is 11.5 Å². The molecule has 0 saturated carbocycles. The van der Waals surface area contributed by atoms with Crippen molar-refractivity contribution in [2.45, 2.75) is 6.92 Å². The van der Waals surface area contributed by atoms with Crippen LogP contribution in [0.2, 0.25) is 0 Å². The van der Waals surface area contributed by atoms with Crippen molar-refractivity contribution in [2.24, 2.45) is 0 Å². The van der Waals surface area contributed by atoms with E-state index in [0.717, 1.165) is 6.07 Å². The molecule has 1 aromatic heterocycles. The van der Waals surface area contributed by atoms with Crippen LogP contribution >= 0.6 is 0 Å². The number of H-pyrrole nitrogens is 1. The minimum atomic E-state index is -0.675. The smallest absolute Gasteiger partial charge is 0.358 e. The number of hydrogen-bond acceptors (Lipinski definition) is 6. The lowest BCUT2D eigenvalue weighted by Crippen LogP contribution is -2.16. The molecule has 0 aliphatic carbocycles. The summed E-state index contributed by atoms with van der Waals surface area (Å²) in [4.78, 5) is 35.3. The Morgan fingerprint density at radius 2 is 1.93 bits per heavy atom. The highest BCUT2D eigenvalue weighted by Gasteiger charge is 2.24. The summed E-state index contributed by atoms with van der Waals surface area (Å²) in [6, 6.07) is 14.2. The summed E-state index contributed by atoms with van der Waals surface area (Å²) in [6.07, 6.45) is 0. The molecular weight excluding hydrogens is 364 g/mol. The maximum Gasteiger partial charge on any atom is 0.358 e. The minimum Gasteiger partial charge on any atom is -0.461 e. The molecule has 1 amide bonds. The molecule has 0 aliphatic heterocycles. The van der Waals surface area contributed by atoms with Gasteiger partial charge in [0.15, 0.2) is 5.69 Å². The first-order valence-electron chi connectivity index (χ1n) is 8.38. The van der Waals surface area contributed by atoms with Crippen LogP contribution in [0.15, 0.2) is 54.6 Å². The van der Waals surface area contributed by atoms with Crippen molar-refractivity contribution in [3.8, 4) is 11.3 Å². The summed E-state index contributed by atoms with van der Waals surface area (Å²) >= 11 is 0. The molecule has 0 bridgehead atoms. The van der Waals surface area contributed by atoms with Crippen molar-refractivity contribution in [1.82, 2.24) is 10.2 Å². The highest BCUT2D eigenvalue weighted by Crippen LogP contribution is 2.30. The van der Waals surface area contributed by atoms with Gasteiger partial charge in [0, 0.05) is 23.3 Å². The standard InChI is InChI=1S/C19H16N4O5/c1-2-28-19(25)17-16(15(21-22-17)12-7-4-3-5-8-12)20-18(24)13-9-6-10-14(11-13)23(26)27/h3-11H,2H2,1H3,(H,20,24)(H,21,22). The molecule has 0 unspecified atom stereocenters. The number of amides is 1. The highest BCUT2D eigenvalue weighted by molar-refractivity contribution is 6.10. The molecular formula is C19H16N4O5. The third-order valence-corrected chi connectivity index (χ3v) is 3.85. The SMILES string of the molecule is CCOC(=O)c1[nH]nc(-c2ccccc2)c1NC(=O)c1cccc([N+](=O)[O-])c1. The average molecular weight is 380 g/mol. The number of ether oxygens (including phenoxy) is 1. The van der Waals surface area contributed by atoms with Crippen LogP contribution in [0.5, 0.6) is 0 Å². The number of anilines is 1. The molecule has 3 rings (SSSR count). The molecule has 1 heterocycles. The number of benzene rings is 2. The van der Waals surface area contributed by atoms with Crippen LogP contribution in [0, 0.1) is 10.1 Å². The number of nitrogens with zero attached hydrogens (tertiary/aromatic N) is 2. The summed E-state index contributed by atoms with van der Waals surface area (Å²) in [6.45, 7) is 1.81. The molecule has 9 heteroatoms. The summed E-state index contributed by atoms with van der Waals surface area (Å²) < 4.78 is 5.00. The Morgan fingerprint density at radius 3 is 2.61 bits per heavy atom. The molecule has 3 aromatic rings. The first-order chi connectivity index (χ1) is 13.5. The third-order valence-electron chi connectivity index (χ3n) is 3.85. The Morgan fingerprint density at radius 1 is 1.18 bits per heavy atom. The van der Waals surface area contributed by atoms with Gasteiger partial charge in [-0.25, -0.2) is 4.79 Å². The van der Waals surface area contributed by atoms with E-state index < -0.39 is 16.8 Å². The Labute approximate surface area is 159 Å². The molecule has 0 spiro atoms. The number of non-ortho nitro benzene ring substituents is 1. The number of esters is 1. The van der Waals surface area contributed by atoms with Gasteiger partial charge in [-0.1, -0.05) is 36.4 Å². The van der Waals surface area contributed by atoms with Crippen molar-refractivity contribution in [2.75, 3.05) is 11.9 Å². The van der Waals surface area contributed by atoms with Crippen LogP contribution in [0.3, 0.4) is 0 Å². The monoisotopic (exact) mass is 380 g/mol. The Bertz CT molecular complexity index is 1030. The van der Waals surface area contributed by atoms with Gasteiger partial charge >= 0.3 is 5.97 Å². The summed E-state index contributed by atoms with van der Waals surface area (Å²) in [7, 11) is 0. The molecule has 0 saturated heterocycles. The number of carbonyl (C=O) groups is 2. The minimum absolute atomic E-state index is 0.0144. The zero-order valence-corrected chi connectivity index (χ0v) is 14.8. The van der Waals surface area contributed by atoms with Crippen LogP contribution in [0.1, 0.15) is 27.8 Å². The van der Waals surface area contributed by atoms with E-state index in [1.165, 1.54) is 18.2 Å². The van der Waals surface area contributed by atoms with E-state index in [0.29, 0.717) is 11.3 Å². The lowest BCUT2D eigenvalue weighted by Gasteiger charge is -2.08. The van der Waals surface area contributed by atoms with Crippen LogP contribution in [0.4, 0.5) is 11.4 Å². The lowest BCUT2D eigenvalue weighted by molar-refractivity contribution is -0.384. The quantitative estimate of drug-likeness (QED) is 0.383. The summed E-state index contributed by atoms with van der Waals surface area (Å²) in [5.74, 6) is -1.29. The van der Waals surface area contributed by atoms with E-state index in [9.17, 15) is 19.7 Å². The molecule has 0 atom stereocenters. The number of nitro groups is 1. The van der Waals surface area contributed by atoms with Crippen molar-refractivity contribution < 1.29 is 19.2 Å². The van der Waals surface area contributed by atoms with Gasteiger partial charge in [0.2, 0.25) is 0 Å². The Kier molecular flexibility index (Phi) is 5.45. The second kappa shape index (κ2) is 8.12. The summed E-state index contributed by atoms with van der Waals surface area (Å²) in [5.41, 5.74) is 1.00. The number of nitro benzene ring substituents is 1. The van der Waals surface area contributed by atoms with Crippen LogP contribution < -0.4 is 5.32 Å². The molecule has 2 N–H and O–H groups in total. The number of aromatic amines is 1. The summed E-state index contributed by atoms with van der Waals surface area (Å²) in [5, 5.41) is 20.3. The third kappa shape index (κ3) is 3.88. The first-order valence-corrected chi connectivity index (χ1v) is 8.38. The number of hydrogen-bond donors (Lipinski definition) is 2. The molecule has 0 radical (unpaired) electrons. The fourth-order valence-corrected chi connectivity index (χ4v) is 2.57. The highest BCUT2D eigenvalue weighted by atomic mass is 16.6. The van der Waals surface area contributed by atoms with E-state index in [1.807, 2.05) is 6.07 Å². The van der Waals surface area contributed by atoms with E-state index >= 15 is 0 Å². The fourth-order valence-electron chi connectivity index (χ4n) is 2.57. The Hall–Kier alpha value is -4.01. The normalized spacial score (nSPS) is 10.3. The van der Waals surface area contributed by atoms with Crippen LogP contribution in [0.25, 0.3) is 11.3 Å². The van der Waals surface area contributed by atoms with E-state index in [4.69, 9.17) is 4.74 Å². The van der Waals surface area contributed by atoms with Crippen LogP contribution in [-0.4, -0.2) is 33.6 Å². The largest absolute Gasteiger partial charge is 0.461 e. The van der Waals surface area contributed by atoms with Gasteiger partial charge < -0.3 is 10.1 Å². The second-order valence-electron chi connectivity index (χ2n) is 5.67. The van der Waals surface area contributed by atoms with Crippen molar-refractivity contribution in [3.63, 3.8) is 0 Å². The van der Waals surface area contributed by atoms with Gasteiger partial charge in [0.25, 0.3) is 11.6 Å². The predicted octanol–water partition coefficient (Wildman–Crippen LogP) is 3.41. The number of carbonyl (C=O) groups excluding carboxylic acids is 2. The molecule has 0 aliphatic rings. The molecule has 28 heavy (non-hydrogen) atoms. The van der Waals surface area contributed by atoms with Gasteiger partial charge in [-0.3, -0.25) is 20.0 Å². The topological polar surface area (TPSA) is 127 Å². The molecule has 142 valence electrons. The van der Waals surface area contributed by atoms with E-state index in [2.05, 4.69) is 15.5 Å². The van der Waals surface area contributed by atoms with Crippen molar-refractivity contribution in [3.05, 3.63) is 76.0 Å². The zero-order valence-electron chi connectivity index (χ0n) is 14.8. The first kappa shape index (κ1) is 18.8. The molecule has 9 nitrogen and oxygen atoms in total. The van der Waals surface area contributed by atoms with Gasteiger partial charge in [-0.15, -0.1) is 0 Å². The maximum atomic E-state index is 12.7. The van der Waals surface area contributed by atoms with Crippen LogP contribution in [-0.2, 0) is 4.74 Å². The average Bonchev–Trinajstić information content (AvgIpc) is 3.12. The number of aromatic nitrogens is 2. The fraction of sp³-hybridized carbons (Fsp3) is 0.105. The number of nitrogens with one attached hydrogen (secondary N) is 2. The van der Waals surface area contributed by atoms with E-state index in [1.54, 1.807) is 31.2 Å². The van der Waals surface area contributed by atoms with Crippen molar-refractivity contribution in [1.29, 1.82) is 0 Å². The molecule has 2 aromatic carbocycles. The number of rotatable bonds is 6. The van der Waals surface area contributed by atoms with Gasteiger partial charge in [-0.05, 0) is 13.0 Å². The predicted molar refractivity (Wildman–Crippen MR) is 101 cm³/mol. The Balaban J connectivity index is 2.00. The van der Waals surface area contributed by atoms with Gasteiger partial charge in [0.1, 0.15) is 11.4 Å². The molecule has 0 fully saturated rings. The maximum absolute atomic E-state index is 12.7. The second-order valence-corrected chi connectivity index (χ2v) is 5.67. The van der Waals surface area contributed by atoms with Crippen molar-refractivity contribution >= 4 is 23.3 Å². The zero-order chi connectivity index (χ0) is 20.1. The lowest BCUT2D eigenvalue weighted by atomic mass is 10.1. The van der Waals surface area contributed by atoms with Gasteiger partial charge in [-0.2, -0.15) is 5.10 Å².